The molecule has 0 aromatic rings. The van der Waals surface area contributed by atoms with Crippen LogP contribution in [0.2, 0.25) is 0 Å². The molecule has 6 heteroatoms. The van der Waals surface area contributed by atoms with Crippen LogP contribution in [0.4, 0.5) is 0 Å². The molecule has 0 aromatic heterocycles. The molecule has 1 unspecified atom stereocenters. The zero-order chi connectivity index (χ0) is 18.5. The number of hydrogen-bond donors (Lipinski definition) is 3. The molecule has 0 aliphatic carbocycles. The Morgan fingerprint density at radius 1 is 0.880 bits per heavy atom. The molecule has 0 aromatic carbocycles. The molecule has 1 aliphatic rings. The van der Waals surface area contributed by atoms with E-state index in [4.69, 9.17) is 14.7 Å². The highest BCUT2D eigenvalue weighted by molar-refractivity contribution is 7.76. The molecule has 0 saturated carbocycles. The SMILES string of the molecule is CCCCCCCCCCCCCCN1CCC(C(=O)[P+](O)(O)O)C1. The summed E-state index contributed by atoms with van der Waals surface area (Å²) in [5.74, 6) is -0.411. The van der Waals surface area contributed by atoms with Crippen LogP contribution in [0, 0.1) is 5.92 Å². The van der Waals surface area contributed by atoms with Gasteiger partial charge in [0.1, 0.15) is 0 Å². The minimum absolute atomic E-state index is 0.411. The first-order valence-electron chi connectivity index (χ1n) is 10.3. The fourth-order valence-corrected chi connectivity index (χ4v) is 4.36. The molecule has 5 nitrogen and oxygen atoms in total. The number of carbonyl (C=O) groups excluding carboxylic acids is 1. The molecule has 3 N–H and O–H groups in total. The zero-order valence-corrected chi connectivity index (χ0v) is 16.9. The van der Waals surface area contributed by atoms with Crippen molar-refractivity contribution in [3.8, 4) is 0 Å². The molecule has 1 rings (SSSR count). The molecule has 148 valence electrons. The van der Waals surface area contributed by atoms with Crippen molar-refractivity contribution >= 4 is 13.5 Å². The minimum Gasteiger partial charge on any atom is -0.302 e. The third kappa shape index (κ3) is 10.6. The van der Waals surface area contributed by atoms with E-state index in [1.807, 2.05) is 0 Å². The average molecular weight is 376 g/mol. The van der Waals surface area contributed by atoms with Gasteiger partial charge in [0.25, 0.3) is 0 Å². The fraction of sp³-hybridized carbons (Fsp3) is 0.947. The second-order valence-electron chi connectivity index (χ2n) is 7.58. The van der Waals surface area contributed by atoms with E-state index in [1.54, 1.807) is 0 Å². The summed E-state index contributed by atoms with van der Waals surface area (Å²) in [4.78, 5) is 41.1. The Morgan fingerprint density at radius 3 is 1.84 bits per heavy atom. The molecule has 1 atom stereocenters. The van der Waals surface area contributed by atoms with E-state index < -0.39 is 19.4 Å². The Morgan fingerprint density at radius 2 is 1.36 bits per heavy atom. The minimum atomic E-state index is -4.31. The van der Waals surface area contributed by atoms with Crippen LogP contribution in [0.3, 0.4) is 0 Å². The molecule has 0 spiro atoms. The van der Waals surface area contributed by atoms with Gasteiger partial charge < -0.3 is 4.90 Å². The summed E-state index contributed by atoms with van der Waals surface area (Å²) < 4.78 is 0. The van der Waals surface area contributed by atoms with Crippen LogP contribution in [0.25, 0.3) is 0 Å². The molecule has 1 aliphatic heterocycles. The van der Waals surface area contributed by atoms with Gasteiger partial charge in [-0.15, -0.1) is 0 Å². The van der Waals surface area contributed by atoms with Crippen LogP contribution in [0.1, 0.15) is 90.4 Å². The Bertz CT molecular complexity index is 360. The van der Waals surface area contributed by atoms with E-state index >= 15 is 0 Å². The molecule has 0 amide bonds. The topological polar surface area (TPSA) is 81.0 Å². The largest absolute Gasteiger partial charge is 0.478 e. The lowest BCUT2D eigenvalue weighted by molar-refractivity contribution is -0.117. The Balaban J connectivity index is 1.90. The molecule has 1 fully saturated rings. The smallest absolute Gasteiger partial charge is 0.302 e. The summed E-state index contributed by atoms with van der Waals surface area (Å²) in [5.41, 5.74) is -0.760. The Kier molecular flexibility index (Phi) is 12.1. The maximum absolute atomic E-state index is 11.7. The number of unbranched alkanes of at least 4 members (excludes halogenated alkanes) is 11. The van der Waals surface area contributed by atoms with Crippen LogP contribution < -0.4 is 0 Å². The van der Waals surface area contributed by atoms with Crippen LogP contribution >= 0.6 is 7.94 Å². The van der Waals surface area contributed by atoms with Gasteiger partial charge in [-0.3, -0.25) is 0 Å². The fourth-order valence-electron chi connectivity index (χ4n) is 3.66. The summed E-state index contributed by atoms with van der Waals surface area (Å²) in [7, 11) is -4.31. The normalized spacial score (nSPS) is 18.8. The van der Waals surface area contributed by atoms with E-state index in [0.717, 1.165) is 19.5 Å². The summed E-state index contributed by atoms with van der Waals surface area (Å²) in [6.07, 6.45) is 16.6. The predicted molar refractivity (Wildman–Crippen MR) is 104 cm³/mol. The summed E-state index contributed by atoms with van der Waals surface area (Å²) >= 11 is 0. The zero-order valence-electron chi connectivity index (χ0n) is 16.0. The van der Waals surface area contributed by atoms with E-state index in [1.165, 1.54) is 70.6 Å². The van der Waals surface area contributed by atoms with Gasteiger partial charge in [0.15, 0.2) is 0 Å². The van der Waals surface area contributed by atoms with Crippen LogP contribution in [-0.4, -0.2) is 44.7 Å². The third-order valence-electron chi connectivity index (χ3n) is 5.25. The van der Waals surface area contributed by atoms with Gasteiger partial charge in [-0.05, 0) is 25.9 Å². The second kappa shape index (κ2) is 13.2. The van der Waals surface area contributed by atoms with Crippen molar-refractivity contribution in [3.05, 3.63) is 0 Å². The lowest BCUT2D eigenvalue weighted by Gasteiger charge is -2.15. The van der Waals surface area contributed by atoms with Gasteiger partial charge in [-0.2, -0.15) is 14.7 Å². The van der Waals surface area contributed by atoms with Crippen molar-refractivity contribution in [2.75, 3.05) is 19.6 Å². The van der Waals surface area contributed by atoms with Gasteiger partial charge in [-0.25, -0.2) is 4.79 Å². The first-order valence-corrected chi connectivity index (χ1v) is 11.9. The lowest BCUT2D eigenvalue weighted by atomic mass is 10.1. The molecule has 25 heavy (non-hydrogen) atoms. The van der Waals surface area contributed by atoms with E-state index in [-0.39, 0.29) is 0 Å². The number of likely N-dealkylation sites (tertiary alicyclic amines) is 1. The third-order valence-corrected chi connectivity index (χ3v) is 6.20. The molecule has 0 bridgehead atoms. The van der Waals surface area contributed by atoms with Crippen LogP contribution in [-0.2, 0) is 4.79 Å². The predicted octanol–water partition coefficient (Wildman–Crippen LogP) is 4.28. The van der Waals surface area contributed by atoms with Crippen molar-refractivity contribution in [2.24, 2.45) is 5.92 Å². The first-order chi connectivity index (χ1) is 11.9. The number of hydrogen-bond acceptors (Lipinski definition) is 5. The number of rotatable bonds is 15. The molecule has 1 heterocycles. The Hall–Kier alpha value is -0.0600. The van der Waals surface area contributed by atoms with Gasteiger partial charge in [0, 0.05) is 6.54 Å². The van der Waals surface area contributed by atoms with Crippen molar-refractivity contribution in [1.29, 1.82) is 0 Å². The molecule has 0 radical (unpaired) electrons. The highest BCUT2D eigenvalue weighted by Gasteiger charge is 2.49. The molecular formula is C19H39NO4P+. The monoisotopic (exact) mass is 376 g/mol. The lowest BCUT2D eigenvalue weighted by Crippen LogP contribution is -2.25. The van der Waals surface area contributed by atoms with E-state index in [9.17, 15) is 4.79 Å². The van der Waals surface area contributed by atoms with Crippen molar-refractivity contribution in [1.82, 2.24) is 4.90 Å². The van der Waals surface area contributed by atoms with E-state index in [0.29, 0.717) is 13.0 Å². The quantitative estimate of drug-likeness (QED) is 0.294. The van der Waals surface area contributed by atoms with Crippen molar-refractivity contribution in [3.63, 3.8) is 0 Å². The number of nitrogens with zero attached hydrogens (tertiary/aromatic N) is 1. The Labute approximate surface area is 154 Å². The van der Waals surface area contributed by atoms with Gasteiger partial charge in [0.2, 0.25) is 0 Å². The molecule has 1 saturated heterocycles. The number of carbonyl (C=O) groups is 1. The second-order valence-corrected chi connectivity index (χ2v) is 9.16. The highest BCUT2D eigenvalue weighted by atomic mass is 31.2. The van der Waals surface area contributed by atoms with Crippen molar-refractivity contribution < 1.29 is 19.5 Å². The van der Waals surface area contributed by atoms with Gasteiger partial charge in [-0.1, -0.05) is 77.6 Å². The summed E-state index contributed by atoms with van der Waals surface area (Å²) in [6, 6.07) is 0. The average Bonchev–Trinajstić information content (AvgIpc) is 3.03. The maximum Gasteiger partial charge on any atom is 0.478 e. The highest BCUT2D eigenvalue weighted by Crippen LogP contribution is 2.49. The first kappa shape index (κ1) is 23.0. The van der Waals surface area contributed by atoms with Gasteiger partial charge in [0.05, 0.1) is 5.92 Å². The van der Waals surface area contributed by atoms with Crippen LogP contribution in [0.15, 0.2) is 0 Å². The summed E-state index contributed by atoms with van der Waals surface area (Å²) in [6.45, 7) is 4.59. The standard InChI is InChI=1S/C19H39NO4P/c1-2-3-4-5-6-7-8-9-10-11-12-13-15-20-16-14-18(17-20)19(21)25(22,23)24/h18,22-24H,2-17H2,1H3/q+1. The molecular weight excluding hydrogens is 337 g/mol. The van der Waals surface area contributed by atoms with Gasteiger partial charge >= 0.3 is 13.5 Å². The van der Waals surface area contributed by atoms with Crippen LogP contribution in [0.5, 0.6) is 0 Å². The van der Waals surface area contributed by atoms with E-state index in [2.05, 4.69) is 11.8 Å². The van der Waals surface area contributed by atoms with Crippen molar-refractivity contribution in [2.45, 2.75) is 90.4 Å². The maximum atomic E-state index is 11.7. The summed E-state index contributed by atoms with van der Waals surface area (Å²) in [5, 5.41) is 0.